The lowest BCUT2D eigenvalue weighted by Gasteiger charge is -2.56. The van der Waals surface area contributed by atoms with E-state index in [9.17, 15) is 9.59 Å². The summed E-state index contributed by atoms with van der Waals surface area (Å²) in [7, 11) is 0. The van der Waals surface area contributed by atoms with E-state index in [1.54, 1.807) is 12.5 Å². The SMILES string of the molecule is C=C1[C@@H]([C@H](C)CC/C=C(/C)C(=O)O)CC[C@@]2(C)C3=CC[C@H]4C(C)(C)C(=O)CC[C@]4(C)[C@@H]3C[C@@H]12. The molecule has 33 heavy (non-hydrogen) atoms. The van der Waals surface area contributed by atoms with Crippen LogP contribution in [0.3, 0.4) is 0 Å². The highest BCUT2D eigenvalue weighted by atomic mass is 16.4. The molecule has 0 aromatic carbocycles. The molecule has 3 heteroatoms. The Kier molecular flexibility index (Phi) is 6.11. The highest BCUT2D eigenvalue weighted by Gasteiger charge is 2.62. The normalized spacial score (nSPS) is 41.0. The van der Waals surface area contributed by atoms with Crippen molar-refractivity contribution >= 4 is 11.8 Å². The molecule has 0 unspecified atom stereocenters. The number of carbonyl (C=O) groups is 2. The molecule has 1 N–H and O–H groups in total. The zero-order valence-electron chi connectivity index (χ0n) is 21.7. The van der Waals surface area contributed by atoms with E-state index in [2.05, 4.69) is 40.7 Å². The lowest BCUT2D eigenvalue weighted by molar-refractivity contribution is -0.142. The second-order valence-corrected chi connectivity index (χ2v) is 12.8. The summed E-state index contributed by atoms with van der Waals surface area (Å²) < 4.78 is 0. The van der Waals surface area contributed by atoms with Gasteiger partial charge in [0.1, 0.15) is 5.78 Å². The van der Waals surface area contributed by atoms with Crippen LogP contribution >= 0.6 is 0 Å². The summed E-state index contributed by atoms with van der Waals surface area (Å²) in [5.41, 5.74) is 3.78. The van der Waals surface area contributed by atoms with Gasteiger partial charge in [-0.3, -0.25) is 4.79 Å². The maximum Gasteiger partial charge on any atom is 0.330 e. The Morgan fingerprint density at radius 3 is 2.61 bits per heavy atom. The minimum absolute atomic E-state index is 0.211. The molecule has 0 amide bonds. The van der Waals surface area contributed by atoms with Gasteiger partial charge in [0.2, 0.25) is 0 Å². The standard InChI is InChI=1S/C30H44O3/c1-18(9-8-10-19(2)27(32)33)21-13-15-29(6)22-11-12-25-28(4,5)26(31)14-16-30(25,7)24(22)17-23(29)20(21)3/h10-11,18,21,23-25H,3,8-9,12-17H2,1-2,4-7H3,(H,32,33)/b19-10-/t18-,21-,23+,24-,25+,29+,30-/m1/s1. The third-order valence-electron chi connectivity index (χ3n) is 10.9. The van der Waals surface area contributed by atoms with Crippen molar-refractivity contribution in [3.05, 3.63) is 35.5 Å². The van der Waals surface area contributed by atoms with Gasteiger partial charge in [-0.15, -0.1) is 0 Å². The first-order valence-electron chi connectivity index (χ1n) is 13.2. The Bertz CT molecular complexity index is 921. The van der Waals surface area contributed by atoms with Crippen LogP contribution in [0.5, 0.6) is 0 Å². The molecule has 0 spiro atoms. The number of rotatable bonds is 5. The van der Waals surface area contributed by atoms with Crippen molar-refractivity contribution < 1.29 is 14.7 Å². The molecular formula is C30H44O3. The summed E-state index contributed by atoms with van der Waals surface area (Å²) in [5, 5.41) is 9.11. The lowest BCUT2D eigenvalue weighted by Crippen LogP contribution is -2.52. The van der Waals surface area contributed by atoms with Crippen LogP contribution in [0, 0.1) is 45.8 Å². The van der Waals surface area contributed by atoms with Gasteiger partial charge in [0.15, 0.2) is 0 Å². The monoisotopic (exact) mass is 452 g/mol. The number of aliphatic carboxylic acids is 1. The van der Waals surface area contributed by atoms with Crippen molar-refractivity contribution in [2.24, 2.45) is 45.8 Å². The van der Waals surface area contributed by atoms with Crippen molar-refractivity contribution in [3.63, 3.8) is 0 Å². The van der Waals surface area contributed by atoms with Crippen LogP contribution in [0.15, 0.2) is 35.5 Å². The van der Waals surface area contributed by atoms with E-state index in [1.807, 2.05) is 6.08 Å². The van der Waals surface area contributed by atoms with Crippen LogP contribution in [-0.4, -0.2) is 16.9 Å². The van der Waals surface area contributed by atoms with Crippen LogP contribution < -0.4 is 0 Å². The molecule has 7 atom stereocenters. The van der Waals surface area contributed by atoms with Gasteiger partial charge in [0, 0.05) is 17.4 Å². The maximum atomic E-state index is 12.8. The summed E-state index contributed by atoms with van der Waals surface area (Å²) >= 11 is 0. The summed E-state index contributed by atoms with van der Waals surface area (Å²) in [6, 6.07) is 0. The number of hydrogen-bond acceptors (Lipinski definition) is 2. The molecule has 0 aromatic rings. The third-order valence-corrected chi connectivity index (χ3v) is 10.9. The summed E-state index contributed by atoms with van der Waals surface area (Å²) in [4.78, 5) is 23.9. The second-order valence-electron chi connectivity index (χ2n) is 12.8. The molecule has 3 nitrogen and oxygen atoms in total. The maximum absolute atomic E-state index is 12.8. The first kappa shape index (κ1) is 24.5. The fourth-order valence-electron chi connectivity index (χ4n) is 8.63. The molecule has 0 bridgehead atoms. The van der Waals surface area contributed by atoms with Crippen LogP contribution in [-0.2, 0) is 9.59 Å². The number of Topliss-reactive ketones (excluding diaryl/α,β-unsaturated/α-hetero) is 1. The first-order valence-corrected chi connectivity index (χ1v) is 13.2. The Morgan fingerprint density at radius 1 is 1.24 bits per heavy atom. The number of allylic oxidation sites excluding steroid dienone is 4. The van der Waals surface area contributed by atoms with Crippen LogP contribution in [0.2, 0.25) is 0 Å². The zero-order chi connectivity index (χ0) is 24.3. The molecule has 0 radical (unpaired) electrons. The average molecular weight is 453 g/mol. The van der Waals surface area contributed by atoms with Crippen LogP contribution in [0.4, 0.5) is 0 Å². The molecular weight excluding hydrogens is 408 g/mol. The van der Waals surface area contributed by atoms with Gasteiger partial charge in [-0.05, 0) is 92.3 Å². The number of ketones is 1. The molecule has 182 valence electrons. The Labute approximate surface area is 200 Å². The predicted octanol–water partition coefficient (Wildman–Crippen LogP) is 7.38. The van der Waals surface area contributed by atoms with Crippen LogP contribution in [0.25, 0.3) is 0 Å². The van der Waals surface area contributed by atoms with Gasteiger partial charge in [-0.25, -0.2) is 4.79 Å². The van der Waals surface area contributed by atoms with Gasteiger partial charge in [-0.1, -0.05) is 64.5 Å². The van der Waals surface area contributed by atoms with Crippen molar-refractivity contribution in [3.8, 4) is 0 Å². The number of carbonyl (C=O) groups excluding carboxylic acids is 1. The first-order chi connectivity index (χ1) is 15.3. The number of carboxylic acid groups (broad SMARTS) is 1. The number of carboxylic acids is 1. The predicted molar refractivity (Wildman–Crippen MR) is 134 cm³/mol. The van der Waals surface area contributed by atoms with Gasteiger partial charge in [0.25, 0.3) is 0 Å². The molecule has 3 fully saturated rings. The zero-order valence-corrected chi connectivity index (χ0v) is 21.7. The largest absolute Gasteiger partial charge is 0.478 e. The van der Waals surface area contributed by atoms with Gasteiger partial charge in [-0.2, -0.15) is 0 Å². The summed E-state index contributed by atoms with van der Waals surface area (Å²) in [6.07, 6.45) is 12.7. The number of hydrogen-bond donors (Lipinski definition) is 1. The Balaban J connectivity index is 1.54. The molecule has 0 saturated heterocycles. The van der Waals surface area contributed by atoms with E-state index >= 15 is 0 Å². The van der Waals surface area contributed by atoms with Crippen molar-refractivity contribution in [2.45, 2.75) is 92.9 Å². The van der Waals surface area contributed by atoms with Gasteiger partial charge < -0.3 is 5.11 Å². The lowest BCUT2D eigenvalue weighted by atomic mass is 9.48. The van der Waals surface area contributed by atoms with E-state index < -0.39 is 5.97 Å². The van der Waals surface area contributed by atoms with Gasteiger partial charge in [0.05, 0.1) is 0 Å². The van der Waals surface area contributed by atoms with E-state index in [-0.39, 0.29) is 16.2 Å². The van der Waals surface area contributed by atoms with Crippen molar-refractivity contribution in [2.75, 3.05) is 0 Å². The molecule has 4 aliphatic rings. The van der Waals surface area contributed by atoms with Crippen LogP contribution in [0.1, 0.15) is 92.9 Å². The molecule has 0 aromatic heterocycles. The Morgan fingerprint density at radius 2 is 1.94 bits per heavy atom. The van der Waals surface area contributed by atoms with Crippen molar-refractivity contribution in [1.29, 1.82) is 0 Å². The molecule has 4 rings (SSSR count). The summed E-state index contributed by atoms with van der Waals surface area (Å²) in [6.45, 7) is 18.1. The minimum Gasteiger partial charge on any atom is -0.478 e. The van der Waals surface area contributed by atoms with Crippen molar-refractivity contribution in [1.82, 2.24) is 0 Å². The fourth-order valence-corrected chi connectivity index (χ4v) is 8.63. The fraction of sp³-hybridized carbons (Fsp3) is 0.733. The van der Waals surface area contributed by atoms with E-state index in [0.29, 0.717) is 40.9 Å². The van der Waals surface area contributed by atoms with E-state index in [0.717, 1.165) is 32.1 Å². The third kappa shape index (κ3) is 3.69. The molecule has 0 aliphatic heterocycles. The van der Waals surface area contributed by atoms with Gasteiger partial charge >= 0.3 is 5.97 Å². The average Bonchev–Trinajstić information content (AvgIpc) is 3.06. The molecule has 3 saturated carbocycles. The van der Waals surface area contributed by atoms with E-state index in [1.165, 1.54) is 24.8 Å². The topological polar surface area (TPSA) is 54.4 Å². The molecule has 0 heterocycles. The smallest absolute Gasteiger partial charge is 0.330 e. The second kappa shape index (κ2) is 8.24. The number of fused-ring (bicyclic) bond motifs is 5. The minimum atomic E-state index is -0.818. The highest BCUT2D eigenvalue weighted by molar-refractivity contribution is 5.86. The highest BCUT2D eigenvalue weighted by Crippen LogP contribution is 2.70. The summed E-state index contributed by atoms with van der Waals surface area (Å²) in [5.74, 6) is 2.22. The Hall–Kier alpha value is -1.64. The van der Waals surface area contributed by atoms with E-state index in [4.69, 9.17) is 11.7 Å². The molecule has 4 aliphatic carbocycles. The quantitative estimate of drug-likeness (QED) is 0.349.